The van der Waals surface area contributed by atoms with Crippen LogP contribution in [0.15, 0.2) is 6.20 Å². The number of nitrogens with zero attached hydrogens (tertiary/aromatic N) is 3. The van der Waals surface area contributed by atoms with Crippen molar-refractivity contribution in [2.45, 2.75) is 32.9 Å². The summed E-state index contributed by atoms with van der Waals surface area (Å²) in [5.41, 5.74) is 2.73. The quantitative estimate of drug-likeness (QED) is 0.807. The van der Waals surface area contributed by atoms with Crippen molar-refractivity contribution in [3.05, 3.63) is 17.5 Å². The third-order valence-electron chi connectivity index (χ3n) is 3.45. The summed E-state index contributed by atoms with van der Waals surface area (Å²) in [5, 5.41) is 7.85. The molecular weight excluding hydrogens is 200 g/mol. The number of aromatic nitrogens is 2. The van der Waals surface area contributed by atoms with Gasteiger partial charge in [0.1, 0.15) is 0 Å². The zero-order chi connectivity index (χ0) is 11.8. The Bertz CT molecular complexity index is 367. The van der Waals surface area contributed by atoms with E-state index >= 15 is 0 Å². The lowest BCUT2D eigenvalue weighted by atomic mass is 9.99. The molecule has 0 aromatic carbocycles. The number of rotatable bonds is 2. The van der Waals surface area contributed by atoms with E-state index in [1.807, 2.05) is 11.7 Å². The topological polar surface area (TPSA) is 33.1 Å². The van der Waals surface area contributed by atoms with Gasteiger partial charge in [0.15, 0.2) is 0 Å². The van der Waals surface area contributed by atoms with Crippen molar-refractivity contribution in [2.75, 3.05) is 19.6 Å². The Morgan fingerprint density at radius 2 is 2.25 bits per heavy atom. The fraction of sp³-hybridized carbons (Fsp3) is 0.750. The molecule has 0 saturated carbocycles. The Labute approximate surface area is 97.6 Å². The van der Waals surface area contributed by atoms with E-state index in [9.17, 15) is 0 Å². The van der Waals surface area contributed by atoms with Gasteiger partial charge in [-0.3, -0.25) is 9.58 Å². The Balaban J connectivity index is 2.11. The van der Waals surface area contributed by atoms with Gasteiger partial charge < -0.3 is 5.32 Å². The lowest BCUT2D eigenvalue weighted by molar-refractivity contribution is 0.0825. The van der Waals surface area contributed by atoms with Crippen molar-refractivity contribution in [2.24, 2.45) is 7.05 Å². The van der Waals surface area contributed by atoms with Crippen molar-refractivity contribution < 1.29 is 0 Å². The molecule has 2 heterocycles. The molecule has 2 rings (SSSR count). The van der Waals surface area contributed by atoms with Gasteiger partial charge in [-0.05, 0) is 20.8 Å². The van der Waals surface area contributed by atoms with E-state index in [1.165, 1.54) is 5.56 Å². The number of hydrogen-bond acceptors (Lipinski definition) is 3. The van der Waals surface area contributed by atoms with E-state index < -0.39 is 0 Å². The van der Waals surface area contributed by atoms with Gasteiger partial charge in [-0.15, -0.1) is 0 Å². The Morgan fingerprint density at radius 3 is 2.81 bits per heavy atom. The van der Waals surface area contributed by atoms with Crippen LogP contribution in [-0.2, 0) is 13.6 Å². The average Bonchev–Trinajstić information content (AvgIpc) is 2.49. The molecule has 1 saturated heterocycles. The fourth-order valence-corrected chi connectivity index (χ4v) is 2.33. The third-order valence-corrected chi connectivity index (χ3v) is 3.45. The molecule has 1 fully saturated rings. The molecule has 16 heavy (non-hydrogen) atoms. The van der Waals surface area contributed by atoms with Crippen LogP contribution in [0.2, 0.25) is 0 Å². The first-order valence-electron chi connectivity index (χ1n) is 5.94. The van der Waals surface area contributed by atoms with Gasteiger partial charge in [0, 0.05) is 50.5 Å². The summed E-state index contributed by atoms with van der Waals surface area (Å²) in [4.78, 5) is 2.54. The summed E-state index contributed by atoms with van der Waals surface area (Å²) < 4.78 is 1.90. The summed E-state index contributed by atoms with van der Waals surface area (Å²) >= 11 is 0. The van der Waals surface area contributed by atoms with E-state index in [4.69, 9.17) is 0 Å². The SMILES string of the molecule is Cc1nn(C)cc1CN1CCNCC1(C)C. The third kappa shape index (κ3) is 2.28. The van der Waals surface area contributed by atoms with E-state index in [0.717, 1.165) is 31.9 Å². The zero-order valence-corrected chi connectivity index (χ0v) is 10.7. The minimum Gasteiger partial charge on any atom is -0.314 e. The normalized spacial score (nSPS) is 21.2. The molecule has 0 unspecified atom stereocenters. The standard InChI is InChI=1S/C12H22N4/c1-10-11(7-15(4)14-10)8-16-6-5-13-9-12(16,2)3/h7,13H,5-6,8-9H2,1-4H3. The van der Waals surface area contributed by atoms with E-state index in [-0.39, 0.29) is 5.54 Å². The van der Waals surface area contributed by atoms with Crippen molar-refractivity contribution >= 4 is 0 Å². The monoisotopic (exact) mass is 222 g/mol. The van der Waals surface area contributed by atoms with Gasteiger partial charge in [-0.25, -0.2) is 0 Å². The molecule has 0 amide bonds. The van der Waals surface area contributed by atoms with Gasteiger partial charge >= 0.3 is 0 Å². The maximum absolute atomic E-state index is 4.40. The summed E-state index contributed by atoms with van der Waals surface area (Å²) in [6, 6.07) is 0. The van der Waals surface area contributed by atoms with Crippen LogP contribution in [0.4, 0.5) is 0 Å². The number of piperazine rings is 1. The van der Waals surface area contributed by atoms with Crippen LogP contribution < -0.4 is 5.32 Å². The van der Waals surface area contributed by atoms with E-state index in [0.29, 0.717) is 0 Å². The molecule has 1 N–H and O–H groups in total. The number of aryl methyl sites for hydroxylation is 2. The molecule has 0 radical (unpaired) electrons. The second-order valence-corrected chi connectivity index (χ2v) is 5.32. The van der Waals surface area contributed by atoms with Crippen LogP contribution in [0.5, 0.6) is 0 Å². The molecule has 0 bridgehead atoms. The molecule has 0 spiro atoms. The second-order valence-electron chi connectivity index (χ2n) is 5.32. The number of nitrogens with one attached hydrogen (secondary N) is 1. The molecular formula is C12H22N4. The van der Waals surface area contributed by atoms with Gasteiger partial charge in [-0.1, -0.05) is 0 Å². The minimum absolute atomic E-state index is 0.237. The molecule has 1 aromatic heterocycles. The minimum atomic E-state index is 0.237. The largest absolute Gasteiger partial charge is 0.314 e. The first-order valence-corrected chi connectivity index (χ1v) is 5.94. The molecule has 0 aliphatic carbocycles. The van der Waals surface area contributed by atoms with Gasteiger partial charge in [-0.2, -0.15) is 5.10 Å². The van der Waals surface area contributed by atoms with Crippen LogP contribution in [0.1, 0.15) is 25.1 Å². The molecule has 4 heteroatoms. The second kappa shape index (κ2) is 4.18. The van der Waals surface area contributed by atoms with Crippen molar-refractivity contribution in [3.63, 3.8) is 0 Å². The van der Waals surface area contributed by atoms with Gasteiger partial charge in [0.25, 0.3) is 0 Å². The highest BCUT2D eigenvalue weighted by molar-refractivity contribution is 5.15. The summed E-state index contributed by atoms with van der Waals surface area (Å²) in [7, 11) is 1.99. The predicted octanol–water partition coefficient (Wildman–Crippen LogP) is 0.912. The van der Waals surface area contributed by atoms with E-state index in [1.54, 1.807) is 0 Å². The Morgan fingerprint density at radius 1 is 1.50 bits per heavy atom. The lowest BCUT2D eigenvalue weighted by Gasteiger charge is -2.42. The zero-order valence-electron chi connectivity index (χ0n) is 10.7. The number of hydrogen-bond donors (Lipinski definition) is 1. The summed E-state index contributed by atoms with van der Waals surface area (Å²) in [6.07, 6.45) is 2.13. The maximum Gasteiger partial charge on any atom is 0.0638 e. The predicted molar refractivity (Wildman–Crippen MR) is 65.3 cm³/mol. The lowest BCUT2D eigenvalue weighted by Crippen LogP contribution is -2.57. The van der Waals surface area contributed by atoms with Crippen LogP contribution in [-0.4, -0.2) is 39.9 Å². The highest BCUT2D eigenvalue weighted by atomic mass is 15.3. The fourth-order valence-electron chi connectivity index (χ4n) is 2.33. The van der Waals surface area contributed by atoms with Crippen molar-refractivity contribution in [1.82, 2.24) is 20.0 Å². The highest BCUT2D eigenvalue weighted by Crippen LogP contribution is 2.20. The molecule has 0 atom stereocenters. The summed E-state index contributed by atoms with van der Waals surface area (Å²) in [6.45, 7) is 10.9. The van der Waals surface area contributed by atoms with Crippen LogP contribution in [0.3, 0.4) is 0 Å². The first-order chi connectivity index (χ1) is 7.49. The Kier molecular flexibility index (Phi) is 3.04. The molecule has 4 nitrogen and oxygen atoms in total. The smallest absolute Gasteiger partial charge is 0.0638 e. The van der Waals surface area contributed by atoms with E-state index in [2.05, 4.69) is 42.3 Å². The highest BCUT2D eigenvalue weighted by Gasteiger charge is 2.29. The van der Waals surface area contributed by atoms with Crippen LogP contribution in [0.25, 0.3) is 0 Å². The van der Waals surface area contributed by atoms with Crippen molar-refractivity contribution in [3.8, 4) is 0 Å². The first kappa shape index (κ1) is 11.6. The molecule has 1 aromatic rings. The van der Waals surface area contributed by atoms with Gasteiger partial charge in [0.2, 0.25) is 0 Å². The average molecular weight is 222 g/mol. The van der Waals surface area contributed by atoms with Gasteiger partial charge in [0.05, 0.1) is 5.69 Å². The van der Waals surface area contributed by atoms with Crippen LogP contribution >= 0.6 is 0 Å². The van der Waals surface area contributed by atoms with Crippen LogP contribution in [0, 0.1) is 6.92 Å². The molecule has 1 aliphatic heterocycles. The maximum atomic E-state index is 4.40. The summed E-state index contributed by atoms with van der Waals surface area (Å²) in [5.74, 6) is 0. The Hall–Kier alpha value is -0.870. The molecule has 90 valence electrons. The molecule has 1 aliphatic rings. The van der Waals surface area contributed by atoms with Crippen molar-refractivity contribution in [1.29, 1.82) is 0 Å².